The summed E-state index contributed by atoms with van der Waals surface area (Å²) in [6.07, 6.45) is 3.47. The van der Waals surface area contributed by atoms with E-state index in [2.05, 4.69) is 15.2 Å². The van der Waals surface area contributed by atoms with Gasteiger partial charge in [-0.2, -0.15) is 0 Å². The van der Waals surface area contributed by atoms with Crippen LogP contribution in [0.5, 0.6) is 0 Å². The predicted octanol–water partition coefficient (Wildman–Crippen LogP) is 1.38. The Morgan fingerprint density at radius 3 is 2.74 bits per heavy atom. The number of hydrogen-bond acceptors (Lipinski definition) is 6. The van der Waals surface area contributed by atoms with Crippen molar-refractivity contribution in [2.45, 2.75) is 19.3 Å². The average Bonchev–Trinajstić information content (AvgIpc) is 2.45. The molecule has 2 N–H and O–H groups in total. The van der Waals surface area contributed by atoms with Gasteiger partial charge in [0, 0.05) is 25.7 Å². The molecule has 7 nitrogen and oxygen atoms in total. The van der Waals surface area contributed by atoms with Crippen LogP contribution < -0.4 is 10.2 Å². The van der Waals surface area contributed by atoms with Crippen LogP contribution in [0, 0.1) is 10.1 Å². The molecule has 1 aromatic heterocycles. The van der Waals surface area contributed by atoms with Crippen molar-refractivity contribution < 1.29 is 10.0 Å². The zero-order valence-corrected chi connectivity index (χ0v) is 10.7. The number of hydrogen-bond donors (Lipinski definition) is 2. The summed E-state index contributed by atoms with van der Waals surface area (Å²) in [6.45, 7) is 2.03. The van der Waals surface area contributed by atoms with Crippen molar-refractivity contribution >= 4 is 17.3 Å². The van der Waals surface area contributed by atoms with Gasteiger partial charge in [-0.15, -0.1) is 0 Å². The lowest BCUT2D eigenvalue weighted by atomic mass is 10.1. The summed E-state index contributed by atoms with van der Waals surface area (Å²) >= 11 is 0. The molecule has 0 atom stereocenters. The molecule has 0 bridgehead atoms. The van der Waals surface area contributed by atoms with Gasteiger partial charge in [-0.1, -0.05) is 0 Å². The first-order valence-corrected chi connectivity index (χ1v) is 6.47. The number of nitrogens with one attached hydrogen (secondary N) is 1. The number of aliphatic hydroxyl groups excluding tert-OH is 1. The van der Waals surface area contributed by atoms with Crippen LogP contribution in [-0.4, -0.2) is 41.3 Å². The zero-order chi connectivity index (χ0) is 13.7. The maximum atomic E-state index is 10.9. The molecule has 0 radical (unpaired) electrons. The highest BCUT2D eigenvalue weighted by molar-refractivity contribution is 5.60. The SMILES string of the molecule is O=[N+]([O-])c1ccc(N2CCCCC2)nc1NCCO. The van der Waals surface area contributed by atoms with Crippen LogP contribution in [-0.2, 0) is 0 Å². The first-order chi connectivity index (χ1) is 9.22. The van der Waals surface area contributed by atoms with Crippen molar-refractivity contribution in [1.29, 1.82) is 0 Å². The lowest BCUT2D eigenvalue weighted by Crippen LogP contribution is -2.30. The Morgan fingerprint density at radius 1 is 1.37 bits per heavy atom. The standard InChI is InChI=1S/C12H18N4O3/c17-9-6-13-12-10(16(18)19)4-5-11(14-12)15-7-2-1-3-8-15/h4-5,17H,1-3,6-9H2,(H,13,14). The molecule has 0 aliphatic carbocycles. The highest BCUT2D eigenvalue weighted by Gasteiger charge is 2.19. The molecular formula is C12H18N4O3. The first kappa shape index (κ1) is 13.5. The topological polar surface area (TPSA) is 91.5 Å². The summed E-state index contributed by atoms with van der Waals surface area (Å²) in [4.78, 5) is 16.9. The van der Waals surface area contributed by atoms with Gasteiger partial charge < -0.3 is 15.3 Å². The fourth-order valence-electron chi connectivity index (χ4n) is 2.19. The fourth-order valence-corrected chi connectivity index (χ4v) is 2.19. The fraction of sp³-hybridized carbons (Fsp3) is 0.583. The van der Waals surface area contributed by atoms with Crippen molar-refractivity contribution in [3.63, 3.8) is 0 Å². The molecule has 0 unspecified atom stereocenters. The van der Waals surface area contributed by atoms with Gasteiger partial charge in [-0.3, -0.25) is 10.1 Å². The van der Waals surface area contributed by atoms with Gasteiger partial charge >= 0.3 is 5.69 Å². The number of rotatable bonds is 5. The molecular weight excluding hydrogens is 248 g/mol. The van der Waals surface area contributed by atoms with Crippen molar-refractivity contribution in [2.75, 3.05) is 36.5 Å². The summed E-state index contributed by atoms with van der Waals surface area (Å²) < 4.78 is 0. The normalized spacial score (nSPS) is 15.3. The van der Waals surface area contributed by atoms with Crippen LogP contribution in [0.2, 0.25) is 0 Å². The third-order valence-corrected chi connectivity index (χ3v) is 3.14. The van der Waals surface area contributed by atoms with Crippen LogP contribution in [0.1, 0.15) is 19.3 Å². The van der Waals surface area contributed by atoms with Crippen LogP contribution >= 0.6 is 0 Å². The Hall–Kier alpha value is -1.89. The first-order valence-electron chi connectivity index (χ1n) is 6.47. The molecule has 2 heterocycles. The highest BCUT2D eigenvalue weighted by atomic mass is 16.6. The second-order valence-electron chi connectivity index (χ2n) is 4.49. The molecule has 2 rings (SSSR count). The summed E-state index contributed by atoms with van der Waals surface area (Å²) in [5.41, 5.74) is -0.0609. The summed E-state index contributed by atoms with van der Waals surface area (Å²) in [7, 11) is 0. The Labute approximate surface area is 111 Å². The summed E-state index contributed by atoms with van der Waals surface area (Å²) in [5, 5.41) is 22.5. The molecule has 7 heteroatoms. The molecule has 1 fully saturated rings. The van der Waals surface area contributed by atoms with Crippen molar-refractivity contribution in [2.24, 2.45) is 0 Å². The number of piperidine rings is 1. The third kappa shape index (κ3) is 3.31. The Morgan fingerprint density at radius 2 is 2.11 bits per heavy atom. The lowest BCUT2D eigenvalue weighted by molar-refractivity contribution is -0.384. The maximum Gasteiger partial charge on any atom is 0.311 e. The molecule has 1 aliphatic rings. The molecule has 0 spiro atoms. The van der Waals surface area contributed by atoms with E-state index in [0.717, 1.165) is 31.7 Å². The van der Waals surface area contributed by atoms with E-state index in [1.54, 1.807) is 6.07 Å². The van der Waals surface area contributed by atoms with Crippen LogP contribution in [0.25, 0.3) is 0 Å². The van der Waals surface area contributed by atoms with Gasteiger partial charge in [-0.25, -0.2) is 4.98 Å². The minimum absolute atomic E-state index is 0.0609. The molecule has 19 heavy (non-hydrogen) atoms. The monoisotopic (exact) mass is 266 g/mol. The lowest BCUT2D eigenvalue weighted by Gasteiger charge is -2.27. The zero-order valence-electron chi connectivity index (χ0n) is 10.7. The molecule has 1 aliphatic heterocycles. The molecule has 0 saturated carbocycles. The minimum Gasteiger partial charge on any atom is -0.395 e. The third-order valence-electron chi connectivity index (χ3n) is 3.14. The van der Waals surface area contributed by atoms with Crippen LogP contribution in [0.3, 0.4) is 0 Å². The van der Waals surface area contributed by atoms with Crippen molar-refractivity contribution in [3.05, 3.63) is 22.2 Å². The van der Waals surface area contributed by atoms with E-state index in [-0.39, 0.29) is 24.7 Å². The van der Waals surface area contributed by atoms with Crippen molar-refractivity contribution in [1.82, 2.24) is 4.98 Å². The number of anilines is 2. The van der Waals surface area contributed by atoms with E-state index in [0.29, 0.717) is 0 Å². The second kappa shape index (κ2) is 6.33. The molecule has 1 aromatic rings. The van der Waals surface area contributed by atoms with Gasteiger partial charge in [0.25, 0.3) is 0 Å². The Bertz CT molecular complexity index is 447. The summed E-state index contributed by atoms with van der Waals surface area (Å²) in [6, 6.07) is 3.16. The molecule has 0 amide bonds. The van der Waals surface area contributed by atoms with Crippen LogP contribution in [0.15, 0.2) is 12.1 Å². The van der Waals surface area contributed by atoms with E-state index in [1.807, 2.05) is 0 Å². The number of nitrogens with zero attached hydrogens (tertiary/aromatic N) is 3. The van der Waals surface area contributed by atoms with E-state index in [9.17, 15) is 10.1 Å². The Balaban J connectivity index is 2.23. The van der Waals surface area contributed by atoms with Gasteiger partial charge in [0.1, 0.15) is 5.82 Å². The highest BCUT2D eigenvalue weighted by Crippen LogP contribution is 2.26. The van der Waals surface area contributed by atoms with Gasteiger partial charge in [0.05, 0.1) is 11.5 Å². The number of aliphatic hydroxyl groups is 1. The van der Waals surface area contributed by atoms with E-state index < -0.39 is 4.92 Å². The number of aromatic nitrogens is 1. The van der Waals surface area contributed by atoms with Gasteiger partial charge in [-0.05, 0) is 25.3 Å². The summed E-state index contributed by atoms with van der Waals surface area (Å²) in [5.74, 6) is 0.980. The predicted molar refractivity (Wildman–Crippen MR) is 72.5 cm³/mol. The number of pyridine rings is 1. The van der Waals surface area contributed by atoms with Gasteiger partial charge in [0.2, 0.25) is 5.82 Å². The van der Waals surface area contributed by atoms with Gasteiger partial charge in [0.15, 0.2) is 0 Å². The second-order valence-corrected chi connectivity index (χ2v) is 4.49. The minimum atomic E-state index is -0.466. The molecule has 1 saturated heterocycles. The molecule has 0 aromatic carbocycles. The van der Waals surface area contributed by atoms with E-state index in [4.69, 9.17) is 5.11 Å². The van der Waals surface area contributed by atoms with E-state index in [1.165, 1.54) is 12.5 Å². The van der Waals surface area contributed by atoms with E-state index >= 15 is 0 Å². The Kier molecular flexibility index (Phi) is 4.51. The smallest absolute Gasteiger partial charge is 0.311 e. The van der Waals surface area contributed by atoms with Crippen LogP contribution in [0.4, 0.5) is 17.3 Å². The average molecular weight is 266 g/mol. The largest absolute Gasteiger partial charge is 0.395 e. The quantitative estimate of drug-likeness (QED) is 0.618. The maximum absolute atomic E-state index is 10.9. The van der Waals surface area contributed by atoms with Crippen molar-refractivity contribution in [3.8, 4) is 0 Å². The number of nitro groups is 1. The molecule has 104 valence electrons.